The summed E-state index contributed by atoms with van der Waals surface area (Å²) in [6, 6.07) is 0. The minimum absolute atomic E-state index is 0.243. The predicted molar refractivity (Wildman–Crippen MR) is 41.0 cm³/mol. The maximum Gasteiger partial charge on any atom is 0.459 e. The molecule has 10 heteroatoms. The number of nitrogens with one attached hydrogen (secondary N) is 1. The van der Waals surface area contributed by atoms with Crippen LogP contribution in [-0.2, 0) is 4.74 Å². The number of carbonyl (C=O) groups is 1. The minimum atomic E-state index is -6.41. The van der Waals surface area contributed by atoms with E-state index in [0.717, 1.165) is 5.32 Å². The van der Waals surface area contributed by atoms with Crippen LogP contribution in [0.4, 0.5) is 35.5 Å². The SMILES string of the molecule is CCOC(=O)NCC(F)(F)C(F)(F)C(F)(F)F. The zero-order valence-electron chi connectivity index (χ0n) is 8.38. The summed E-state index contributed by atoms with van der Waals surface area (Å²) < 4.78 is 88.6. The molecule has 0 unspecified atom stereocenters. The smallest absolute Gasteiger partial charge is 0.450 e. The Morgan fingerprint density at radius 3 is 1.94 bits per heavy atom. The highest BCUT2D eigenvalue weighted by atomic mass is 19.4. The molecule has 0 aliphatic heterocycles. The standard InChI is InChI=1S/C7H8F7NO2/c1-2-17-4(16)15-3-5(8,9)6(10,11)7(12,13)14/h2-3H2,1H3,(H,15,16). The van der Waals surface area contributed by atoms with Gasteiger partial charge in [-0.3, -0.25) is 0 Å². The van der Waals surface area contributed by atoms with Crippen LogP contribution >= 0.6 is 0 Å². The number of hydrogen-bond acceptors (Lipinski definition) is 2. The molecule has 0 bridgehead atoms. The first kappa shape index (κ1) is 15.8. The molecule has 0 saturated carbocycles. The van der Waals surface area contributed by atoms with Crippen molar-refractivity contribution in [2.45, 2.75) is 24.9 Å². The molecule has 0 radical (unpaired) electrons. The average molecular weight is 271 g/mol. The van der Waals surface area contributed by atoms with Gasteiger partial charge in [-0.1, -0.05) is 0 Å². The minimum Gasteiger partial charge on any atom is -0.450 e. The fourth-order valence-corrected chi connectivity index (χ4v) is 0.684. The van der Waals surface area contributed by atoms with Crippen LogP contribution in [0.25, 0.3) is 0 Å². The fraction of sp³-hybridized carbons (Fsp3) is 0.857. The summed E-state index contributed by atoms with van der Waals surface area (Å²) in [5, 5.41) is 1.11. The van der Waals surface area contributed by atoms with Gasteiger partial charge >= 0.3 is 24.1 Å². The highest BCUT2D eigenvalue weighted by Gasteiger charge is 2.72. The molecular formula is C7H8F7NO2. The summed E-state index contributed by atoms with van der Waals surface area (Å²) in [6.07, 6.45) is -7.92. The Bertz CT molecular complexity index is 276. The van der Waals surface area contributed by atoms with Crippen LogP contribution in [-0.4, -0.2) is 37.3 Å². The van der Waals surface area contributed by atoms with E-state index in [2.05, 4.69) is 4.74 Å². The van der Waals surface area contributed by atoms with Crippen molar-refractivity contribution in [2.24, 2.45) is 0 Å². The molecule has 1 amide bonds. The summed E-state index contributed by atoms with van der Waals surface area (Å²) in [5.41, 5.74) is 0. The Balaban J connectivity index is 4.63. The molecule has 0 aliphatic carbocycles. The zero-order chi connectivity index (χ0) is 13.9. The van der Waals surface area contributed by atoms with Gasteiger partial charge < -0.3 is 10.1 Å². The van der Waals surface area contributed by atoms with E-state index in [4.69, 9.17) is 0 Å². The number of ether oxygens (including phenoxy) is 1. The Morgan fingerprint density at radius 2 is 1.59 bits per heavy atom. The topological polar surface area (TPSA) is 38.3 Å². The Morgan fingerprint density at radius 1 is 1.12 bits per heavy atom. The number of alkyl carbamates (subject to hydrolysis) is 1. The third-order valence-corrected chi connectivity index (χ3v) is 1.55. The molecule has 0 saturated heterocycles. The van der Waals surface area contributed by atoms with Crippen LogP contribution < -0.4 is 5.32 Å². The average Bonchev–Trinajstić information content (AvgIpc) is 2.13. The number of rotatable bonds is 4. The summed E-state index contributed by atoms with van der Waals surface area (Å²) in [5.74, 6) is -11.7. The first-order chi connectivity index (χ1) is 7.45. The van der Waals surface area contributed by atoms with Crippen molar-refractivity contribution in [3.05, 3.63) is 0 Å². The second-order valence-corrected chi connectivity index (χ2v) is 2.85. The van der Waals surface area contributed by atoms with E-state index in [9.17, 15) is 35.5 Å². The largest absolute Gasteiger partial charge is 0.459 e. The van der Waals surface area contributed by atoms with Gasteiger partial charge in [-0.15, -0.1) is 0 Å². The molecule has 102 valence electrons. The van der Waals surface area contributed by atoms with Gasteiger partial charge in [0.05, 0.1) is 13.2 Å². The molecule has 17 heavy (non-hydrogen) atoms. The fourth-order valence-electron chi connectivity index (χ4n) is 0.684. The normalized spacial score (nSPS) is 13.4. The number of amides is 1. The van der Waals surface area contributed by atoms with Crippen LogP contribution in [0.15, 0.2) is 0 Å². The lowest BCUT2D eigenvalue weighted by molar-refractivity contribution is -0.352. The van der Waals surface area contributed by atoms with Crippen molar-refractivity contribution in [2.75, 3.05) is 13.2 Å². The number of hydrogen-bond donors (Lipinski definition) is 1. The summed E-state index contributed by atoms with van der Waals surface area (Å²) >= 11 is 0. The van der Waals surface area contributed by atoms with Crippen molar-refractivity contribution in [3.63, 3.8) is 0 Å². The third kappa shape index (κ3) is 3.63. The monoisotopic (exact) mass is 271 g/mol. The van der Waals surface area contributed by atoms with Gasteiger partial charge in [0.25, 0.3) is 0 Å². The summed E-state index contributed by atoms with van der Waals surface area (Å²) in [7, 11) is 0. The molecule has 0 atom stereocenters. The summed E-state index contributed by atoms with van der Waals surface area (Å²) in [6.45, 7) is -1.13. The lowest BCUT2D eigenvalue weighted by atomic mass is 10.1. The third-order valence-electron chi connectivity index (χ3n) is 1.55. The van der Waals surface area contributed by atoms with Gasteiger partial charge in [-0.25, -0.2) is 4.79 Å². The van der Waals surface area contributed by atoms with Crippen LogP contribution in [0, 0.1) is 0 Å². The second-order valence-electron chi connectivity index (χ2n) is 2.85. The zero-order valence-corrected chi connectivity index (χ0v) is 8.38. The van der Waals surface area contributed by atoms with Gasteiger partial charge in [0.1, 0.15) is 0 Å². The van der Waals surface area contributed by atoms with Gasteiger partial charge in [0.2, 0.25) is 0 Å². The van der Waals surface area contributed by atoms with Crippen molar-refractivity contribution in [3.8, 4) is 0 Å². The molecule has 0 spiro atoms. The van der Waals surface area contributed by atoms with E-state index in [0.29, 0.717) is 0 Å². The molecule has 0 aromatic rings. The van der Waals surface area contributed by atoms with E-state index in [1.54, 1.807) is 0 Å². The van der Waals surface area contributed by atoms with Gasteiger partial charge in [-0.05, 0) is 6.92 Å². The van der Waals surface area contributed by atoms with Crippen LogP contribution in [0.5, 0.6) is 0 Å². The quantitative estimate of drug-likeness (QED) is 0.798. The van der Waals surface area contributed by atoms with E-state index >= 15 is 0 Å². The molecule has 0 rings (SSSR count). The molecule has 3 nitrogen and oxygen atoms in total. The van der Waals surface area contributed by atoms with Crippen molar-refractivity contribution >= 4 is 6.09 Å². The summed E-state index contributed by atoms with van der Waals surface area (Å²) in [4.78, 5) is 10.5. The molecule has 0 fully saturated rings. The molecular weight excluding hydrogens is 263 g/mol. The molecule has 0 aliphatic rings. The predicted octanol–water partition coefficient (Wildman–Crippen LogP) is 2.57. The number of carbonyl (C=O) groups excluding carboxylic acids is 1. The highest BCUT2D eigenvalue weighted by molar-refractivity contribution is 5.67. The Kier molecular flexibility index (Phi) is 4.61. The van der Waals surface area contributed by atoms with Gasteiger partial charge in [-0.2, -0.15) is 30.7 Å². The first-order valence-corrected chi connectivity index (χ1v) is 4.18. The van der Waals surface area contributed by atoms with Crippen LogP contribution in [0.1, 0.15) is 6.92 Å². The molecule has 0 aromatic carbocycles. The molecule has 0 aromatic heterocycles. The van der Waals surface area contributed by atoms with E-state index in [1.807, 2.05) is 0 Å². The number of alkyl halides is 7. The van der Waals surface area contributed by atoms with Crippen molar-refractivity contribution in [1.29, 1.82) is 0 Å². The van der Waals surface area contributed by atoms with Crippen molar-refractivity contribution < 1.29 is 40.3 Å². The number of halogens is 7. The maximum absolute atomic E-state index is 12.6. The Labute approximate surface area is 90.9 Å². The Hall–Kier alpha value is -1.22. The van der Waals surface area contributed by atoms with Crippen molar-refractivity contribution in [1.82, 2.24) is 5.32 Å². The van der Waals surface area contributed by atoms with E-state index in [1.165, 1.54) is 6.92 Å². The lowest BCUT2D eigenvalue weighted by Gasteiger charge is -2.28. The van der Waals surface area contributed by atoms with Crippen LogP contribution in [0.2, 0.25) is 0 Å². The van der Waals surface area contributed by atoms with Gasteiger partial charge in [0, 0.05) is 0 Å². The van der Waals surface area contributed by atoms with Gasteiger partial charge in [0.15, 0.2) is 0 Å². The van der Waals surface area contributed by atoms with E-state index in [-0.39, 0.29) is 6.61 Å². The van der Waals surface area contributed by atoms with Crippen LogP contribution in [0.3, 0.4) is 0 Å². The lowest BCUT2D eigenvalue weighted by Crippen LogP contribution is -2.56. The maximum atomic E-state index is 12.6. The van der Waals surface area contributed by atoms with E-state index < -0.39 is 30.7 Å². The molecule has 0 heterocycles. The molecule has 1 N–H and O–H groups in total. The second kappa shape index (κ2) is 4.96. The highest BCUT2D eigenvalue weighted by Crippen LogP contribution is 2.46. The first-order valence-electron chi connectivity index (χ1n) is 4.18.